The Morgan fingerprint density at radius 2 is 1.50 bits per heavy atom. The van der Waals surface area contributed by atoms with Crippen molar-refractivity contribution in [2.75, 3.05) is 30.7 Å². The summed E-state index contributed by atoms with van der Waals surface area (Å²) in [5.74, 6) is -0.195. The molecule has 0 atom stereocenters. The van der Waals surface area contributed by atoms with E-state index in [9.17, 15) is 21.6 Å². The normalized spacial score (nSPS) is 11.8. The molecule has 34 heavy (non-hydrogen) atoms. The topological polar surface area (TPSA) is 122 Å². The maximum absolute atomic E-state index is 12.5. The van der Waals surface area contributed by atoms with Crippen molar-refractivity contribution in [1.82, 2.24) is 4.31 Å². The van der Waals surface area contributed by atoms with Gasteiger partial charge in [0.25, 0.3) is 15.9 Å². The van der Waals surface area contributed by atoms with E-state index in [0.29, 0.717) is 22.7 Å². The minimum absolute atomic E-state index is 0.0442. The van der Waals surface area contributed by atoms with Gasteiger partial charge in [-0.1, -0.05) is 24.3 Å². The Kier molecular flexibility index (Phi) is 7.60. The van der Waals surface area contributed by atoms with Gasteiger partial charge >= 0.3 is 0 Å². The number of para-hydroxylation sites is 1. The largest absolute Gasteiger partial charge is 0.484 e. The third kappa shape index (κ3) is 6.13. The van der Waals surface area contributed by atoms with E-state index in [-0.39, 0.29) is 16.4 Å². The average Bonchev–Trinajstić information content (AvgIpc) is 2.79. The van der Waals surface area contributed by atoms with Gasteiger partial charge in [-0.2, -0.15) is 0 Å². The number of sulfonamides is 2. The Morgan fingerprint density at radius 1 is 0.882 bits per heavy atom. The number of carbonyl (C=O) groups excluding carboxylic acids is 1. The number of anilines is 2. The molecule has 180 valence electrons. The van der Waals surface area contributed by atoms with Crippen molar-refractivity contribution in [2.24, 2.45) is 0 Å². The highest BCUT2D eigenvalue weighted by atomic mass is 32.2. The van der Waals surface area contributed by atoms with Crippen LogP contribution >= 0.6 is 0 Å². The van der Waals surface area contributed by atoms with Gasteiger partial charge in [0.2, 0.25) is 10.0 Å². The molecule has 0 unspecified atom stereocenters. The van der Waals surface area contributed by atoms with Gasteiger partial charge in [-0.3, -0.25) is 9.52 Å². The monoisotopic (exact) mass is 503 g/mol. The molecule has 1 amide bonds. The standard InChI is InChI=1S/C23H25N3O6S2/c1-17-9-12-21(34(30,31)26(2)3)15-22(17)24-23(27)16-32-19-10-13-20(14-11-19)33(28,29)25-18-7-5-4-6-8-18/h4-15,25H,16H2,1-3H3,(H,24,27). The second kappa shape index (κ2) is 10.2. The van der Waals surface area contributed by atoms with Crippen LogP contribution in [0.5, 0.6) is 5.75 Å². The number of amides is 1. The van der Waals surface area contributed by atoms with Crippen LogP contribution in [0.3, 0.4) is 0 Å². The number of carbonyl (C=O) groups is 1. The first kappa shape index (κ1) is 25.2. The maximum Gasteiger partial charge on any atom is 0.262 e. The highest BCUT2D eigenvalue weighted by molar-refractivity contribution is 7.92. The lowest BCUT2D eigenvalue weighted by atomic mass is 10.2. The second-order valence-corrected chi connectivity index (χ2v) is 11.4. The van der Waals surface area contributed by atoms with Crippen LogP contribution in [0.2, 0.25) is 0 Å². The molecule has 0 aliphatic heterocycles. The summed E-state index contributed by atoms with van der Waals surface area (Å²) in [7, 11) is -4.56. The van der Waals surface area contributed by atoms with Crippen molar-refractivity contribution in [2.45, 2.75) is 16.7 Å². The van der Waals surface area contributed by atoms with E-state index in [2.05, 4.69) is 10.0 Å². The van der Waals surface area contributed by atoms with Crippen molar-refractivity contribution < 1.29 is 26.4 Å². The van der Waals surface area contributed by atoms with Crippen molar-refractivity contribution >= 4 is 37.3 Å². The molecule has 9 nitrogen and oxygen atoms in total. The van der Waals surface area contributed by atoms with E-state index in [1.165, 1.54) is 50.5 Å². The van der Waals surface area contributed by atoms with Crippen molar-refractivity contribution in [3.63, 3.8) is 0 Å². The number of nitrogens with zero attached hydrogens (tertiary/aromatic N) is 1. The predicted octanol–water partition coefficient (Wildman–Crippen LogP) is 3.06. The smallest absolute Gasteiger partial charge is 0.262 e. The number of hydrogen-bond acceptors (Lipinski definition) is 6. The number of rotatable bonds is 9. The first-order chi connectivity index (χ1) is 16.0. The lowest BCUT2D eigenvalue weighted by Crippen LogP contribution is -2.23. The molecule has 0 aliphatic carbocycles. The molecule has 0 heterocycles. The fraction of sp³-hybridized carbons (Fsp3) is 0.174. The van der Waals surface area contributed by atoms with Crippen LogP contribution < -0.4 is 14.8 Å². The number of ether oxygens (including phenoxy) is 1. The van der Waals surface area contributed by atoms with E-state index < -0.39 is 26.0 Å². The summed E-state index contributed by atoms with van der Waals surface area (Å²) >= 11 is 0. The Morgan fingerprint density at radius 3 is 2.12 bits per heavy atom. The van der Waals surface area contributed by atoms with Gasteiger partial charge in [-0.25, -0.2) is 21.1 Å². The minimum Gasteiger partial charge on any atom is -0.484 e. The number of nitrogens with one attached hydrogen (secondary N) is 2. The summed E-state index contributed by atoms with van der Waals surface area (Å²) in [6, 6.07) is 18.6. The molecule has 0 aliphatic rings. The van der Waals surface area contributed by atoms with E-state index in [1.807, 2.05) is 0 Å². The number of aryl methyl sites for hydroxylation is 1. The molecule has 3 rings (SSSR count). The fourth-order valence-electron chi connectivity index (χ4n) is 2.88. The number of hydrogen-bond donors (Lipinski definition) is 2. The lowest BCUT2D eigenvalue weighted by Gasteiger charge is -2.14. The highest BCUT2D eigenvalue weighted by Gasteiger charge is 2.19. The summed E-state index contributed by atoms with van der Waals surface area (Å²) < 4.78 is 58.7. The van der Waals surface area contributed by atoms with Gasteiger partial charge in [0.1, 0.15) is 5.75 Å². The fourth-order valence-corrected chi connectivity index (χ4v) is 4.86. The molecule has 3 aromatic rings. The molecule has 3 aromatic carbocycles. The van der Waals surface area contributed by atoms with Crippen LogP contribution in [0.4, 0.5) is 11.4 Å². The zero-order valence-corrected chi connectivity index (χ0v) is 20.5. The maximum atomic E-state index is 12.5. The van der Waals surface area contributed by atoms with E-state index in [1.54, 1.807) is 43.3 Å². The quantitative estimate of drug-likeness (QED) is 0.463. The van der Waals surface area contributed by atoms with Gasteiger partial charge in [0.15, 0.2) is 6.61 Å². The first-order valence-corrected chi connectivity index (χ1v) is 13.0. The number of benzene rings is 3. The molecule has 0 radical (unpaired) electrons. The van der Waals surface area contributed by atoms with Crippen molar-refractivity contribution in [1.29, 1.82) is 0 Å². The van der Waals surface area contributed by atoms with Crippen LogP contribution in [0.1, 0.15) is 5.56 Å². The van der Waals surface area contributed by atoms with Crippen LogP contribution in [0.15, 0.2) is 82.6 Å². The molecule has 0 fully saturated rings. The minimum atomic E-state index is -3.77. The van der Waals surface area contributed by atoms with E-state index >= 15 is 0 Å². The Bertz CT molecular complexity index is 1370. The molecule has 11 heteroatoms. The summed E-state index contributed by atoms with van der Waals surface area (Å²) in [4.78, 5) is 12.5. The van der Waals surface area contributed by atoms with Gasteiger partial charge in [-0.05, 0) is 61.0 Å². The zero-order chi connectivity index (χ0) is 24.9. The molecule has 0 bridgehead atoms. The third-order valence-corrected chi connectivity index (χ3v) is 8.00. The van der Waals surface area contributed by atoms with Crippen LogP contribution in [0, 0.1) is 6.92 Å². The Balaban J connectivity index is 1.63. The second-order valence-electron chi connectivity index (χ2n) is 7.54. The summed E-state index contributed by atoms with van der Waals surface area (Å²) in [5.41, 5.74) is 1.48. The van der Waals surface area contributed by atoms with Crippen molar-refractivity contribution in [3.05, 3.63) is 78.4 Å². The lowest BCUT2D eigenvalue weighted by molar-refractivity contribution is -0.118. The molecular formula is C23H25N3O6S2. The summed E-state index contributed by atoms with van der Waals surface area (Å²) in [6.07, 6.45) is 0. The third-order valence-electron chi connectivity index (χ3n) is 4.79. The predicted molar refractivity (Wildman–Crippen MR) is 130 cm³/mol. The van der Waals surface area contributed by atoms with Gasteiger partial charge in [-0.15, -0.1) is 0 Å². The Hall–Kier alpha value is -3.41. The van der Waals surface area contributed by atoms with Crippen LogP contribution in [0.25, 0.3) is 0 Å². The molecule has 0 aromatic heterocycles. The Labute approximate surface area is 199 Å². The van der Waals surface area contributed by atoms with E-state index in [0.717, 1.165) is 4.31 Å². The average molecular weight is 504 g/mol. The molecule has 0 saturated heterocycles. The molecular weight excluding hydrogens is 478 g/mol. The van der Waals surface area contributed by atoms with E-state index in [4.69, 9.17) is 4.74 Å². The van der Waals surface area contributed by atoms with Gasteiger partial charge in [0.05, 0.1) is 9.79 Å². The van der Waals surface area contributed by atoms with Crippen LogP contribution in [-0.2, 0) is 24.8 Å². The molecule has 2 N–H and O–H groups in total. The summed E-state index contributed by atoms with van der Waals surface area (Å²) in [5, 5.41) is 2.64. The SMILES string of the molecule is Cc1ccc(S(=O)(=O)N(C)C)cc1NC(=O)COc1ccc(S(=O)(=O)Nc2ccccc2)cc1. The van der Waals surface area contributed by atoms with Gasteiger partial charge < -0.3 is 10.1 Å². The van der Waals surface area contributed by atoms with Crippen LogP contribution in [-0.4, -0.2) is 47.8 Å². The molecule has 0 spiro atoms. The zero-order valence-electron chi connectivity index (χ0n) is 18.8. The van der Waals surface area contributed by atoms with Crippen molar-refractivity contribution in [3.8, 4) is 5.75 Å². The highest BCUT2D eigenvalue weighted by Crippen LogP contribution is 2.22. The molecule has 0 saturated carbocycles. The van der Waals surface area contributed by atoms with Gasteiger partial charge in [0, 0.05) is 25.5 Å². The summed E-state index contributed by atoms with van der Waals surface area (Å²) in [6.45, 7) is 1.39. The first-order valence-electron chi connectivity index (χ1n) is 10.1.